The van der Waals surface area contributed by atoms with Gasteiger partial charge in [0.1, 0.15) is 0 Å². The summed E-state index contributed by atoms with van der Waals surface area (Å²) in [5.74, 6) is 0. The van der Waals surface area contributed by atoms with Crippen LogP contribution in [0.5, 0.6) is 0 Å². The molecule has 0 aliphatic carbocycles. The van der Waals surface area contributed by atoms with E-state index in [0.717, 1.165) is 11.0 Å². The van der Waals surface area contributed by atoms with E-state index in [2.05, 4.69) is 0 Å². The standard InChI is InChI=1S/C7H4Cl2OS/c8-6-2-1-3-7(11-9)5(6)4-10/h1-4H. The van der Waals surface area contributed by atoms with Crippen molar-refractivity contribution in [1.29, 1.82) is 0 Å². The van der Waals surface area contributed by atoms with E-state index < -0.39 is 0 Å². The number of hydrogen-bond acceptors (Lipinski definition) is 2. The summed E-state index contributed by atoms with van der Waals surface area (Å²) >= 11 is 5.71. The highest BCUT2D eigenvalue weighted by atomic mass is 35.7. The highest BCUT2D eigenvalue weighted by Crippen LogP contribution is 2.29. The van der Waals surface area contributed by atoms with Crippen molar-refractivity contribution in [1.82, 2.24) is 0 Å². The van der Waals surface area contributed by atoms with Crippen LogP contribution in [-0.2, 0) is 0 Å². The largest absolute Gasteiger partial charge is 0.298 e. The molecular weight excluding hydrogens is 203 g/mol. The molecular formula is C7H4Cl2OS. The molecule has 4 heteroatoms. The van der Waals surface area contributed by atoms with Crippen LogP contribution in [0.2, 0.25) is 5.02 Å². The minimum absolute atomic E-state index is 0.436. The number of carbonyl (C=O) groups is 1. The lowest BCUT2D eigenvalue weighted by Crippen LogP contribution is -1.83. The first-order valence-electron chi connectivity index (χ1n) is 2.82. The predicted octanol–water partition coefficient (Wildman–Crippen LogP) is 3.40. The summed E-state index contributed by atoms with van der Waals surface area (Å²) in [6.07, 6.45) is 0.701. The first kappa shape index (κ1) is 8.91. The molecule has 0 aliphatic rings. The van der Waals surface area contributed by atoms with Crippen LogP contribution in [0.15, 0.2) is 23.1 Å². The van der Waals surface area contributed by atoms with Gasteiger partial charge in [-0.25, -0.2) is 0 Å². The molecule has 0 aromatic heterocycles. The van der Waals surface area contributed by atoms with E-state index in [1.54, 1.807) is 18.2 Å². The maximum absolute atomic E-state index is 10.5. The molecule has 58 valence electrons. The van der Waals surface area contributed by atoms with E-state index in [4.69, 9.17) is 22.3 Å². The molecule has 0 radical (unpaired) electrons. The first-order valence-corrected chi connectivity index (χ1v) is 4.84. The van der Waals surface area contributed by atoms with E-state index in [9.17, 15) is 4.79 Å². The Morgan fingerprint density at radius 2 is 2.18 bits per heavy atom. The van der Waals surface area contributed by atoms with E-state index in [1.165, 1.54) is 0 Å². The fourth-order valence-corrected chi connectivity index (χ4v) is 1.75. The monoisotopic (exact) mass is 206 g/mol. The van der Waals surface area contributed by atoms with Gasteiger partial charge in [-0.1, -0.05) is 17.7 Å². The number of halogens is 2. The zero-order valence-electron chi connectivity index (χ0n) is 5.38. The van der Waals surface area contributed by atoms with Crippen LogP contribution in [0.3, 0.4) is 0 Å². The third-order valence-electron chi connectivity index (χ3n) is 1.21. The third kappa shape index (κ3) is 1.89. The molecule has 0 fully saturated rings. The Hall–Kier alpha value is -0.180. The third-order valence-corrected chi connectivity index (χ3v) is 2.56. The predicted molar refractivity (Wildman–Crippen MR) is 48.5 cm³/mol. The van der Waals surface area contributed by atoms with Crippen molar-refractivity contribution in [2.24, 2.45) is 0 Å². The highest BCUT2D eigenvalue weighted by Gasteiger charge is 2.04. The van der Waals surface area contributed by atoms with E-state index >= 15 is 0 Å². The zero-order valence-corrected chi connectivity index (χ0v) is 7.71. The fraction of sp³-hybridized carbons (Fsp3) is 0. The summed E-state index contributed by atoms with van der Waals surface area (Å²) < 4.78 is 0. The second-order valence-corrected chi connectivity index (χ2v) is 3.31. The summed E-state index contributed by atoms with van der Waals surface area (Å²) in [7, 11) is 6.47. The van der Waals surface area contributed by atoms with Gasteiger partial charge in [0.2, 0.25) is 0 Å². The molecule has 0 saturated carbocycles. The maximum Gasteiger partial charge on any atom is 0.152 e. The zero-order chi connectivity index (χ0) is 8.27. The van der Waals surface area contributed by atoms with Gasteiger partial charge in [-0.2, -0.15) is 0 Å². The molecule has 0 unspecified atom stereocenters. The molecule has 1 aromatic rings. The van der Waals surface area contributed by atoms with Crippen molar-refractivity contribution in [2.75, 3.05) is 0 Å². The fourth-order valence-electron chi connectivity index (χ4n) is 0.699. The lowest BCUT2D eigenvalue weighted by atomic mass is 10.2. The average molecular weight is 207 g/mol. The Bertz CT molecular complexity index is 275. The van der Waals surface area contributed by atoms with Crippen molar-refractivity contribution in [3.05, 3.63) is 28.8 Å². The molecule has 1 aromatic carbocycles. The topological polar surface area (TPSA) is 17.1 Å². The van der Waals surface area contributed by atoms with Gasteiger partial charge in [0.05, 0.1) is 5.02 Å². The van der Waals surface area contributed by atoms with Gasteiger partial charge in [0.25, 0.3) is 0 Å². The van der Waals surface area contributed by atoms with Crippen LogP contribution in [0.1, 0.15) is 10.4 Å². The normalized spacial score (nSPS) is 9.64. The minimum Gasteiger partial charge on any atom is -0.298 e. The van der Waals surface area contributed by atoms with Gasteiger partial charge in [0, 0.05) is 10.5 Å². The molecule has 0 aliphatic heterocycles. The Balaban J connectivity index is 3.24. The van der Waals surface area contributed by atoms with Crippen LogP contribution in [0, 0.1) is 0 Å². The van der Waals surface area contributed by atoms with Gasteiger partial charge in [-0.3, -0.25) is 4.79 Å². The van der Waals surface area contributed by atoms with Gasteiger partial charge in [0.15, 0.2) is 6.29 Å². The lowest BCUT2D eigenvalue weighted by Gasteiger charge is -1.99. The number of benzene rings is 1. The number of rotatable bonds is 2. The summed E-state index contributed by atoms with van der Waals surface area (Å²) in [6.45, 7) is 0. The molecule has 0 amide bonds. The van der Waals surface area contributed by atoms with Crippen LogP contribution < -0.4 is 0 Å². The van der Waals surface area contributed by atoms with Gasteiger partial charge >= 0.3 is 0 Å². The van der Waals surface area contributed by atoms with E-state index in [0.29, 0.717) is 21.8 Å². The van der Waals surface area contributed by atoms with Crippen molar-refractivity contribution >= 4 is 39.5 Å². The van der Waals surface area contributed by atoms with Crippen LogP contribution in [0.4, 0.5) is 0 Å². The lowest BCUT2D eigenvalue weighted by molar-refractivity contribution is 0.112. The molecule has 1 nitrogen and oxygen atoms in total. The van der Waals surface area contributed by atoms with Crippen molar-refractivity contribution in [3.8, 4) is 0 Å². The van der Waals surface area contributed by atoms with E-state index in [-0.39, 0.29) is 0 Å². The first-order chi connectivity index (χ1) is 5.29. The van der Waals surface area contributed by atoms with Crippen LogP contribution in [-0.4, -0.2) is 6.29 Å². The van der Waals surface area contributed by atoms with Gasteiger partial charge < -0.3 is 0 Å². The Morgan fingerprint density at radius 1 is 1.45 bits per heavy atom. The molecule has 0 saturated heterocycles. The van der Waals surface area contributed by atoms with E-state index in [1.807, 2.05) is 0 Å². The van der Waals surface area contributed by atoms with Crippen molar-refractivity contribution < 1.29 is 4.79 Å². The smallest absolute Gasteiger partial charge is 0.152 e. The molecule has 0 bridgehead atoms. The highest BCUT2D eigenvalue weighted by molar-refractivity contribution is 8.21. The Kier molecular flexibility index (Phi) is 3.24. The SMILES string of the molecule is O=Cc1c(Cl)cccc1SCl. The molecule has 0 spiro atoms. The summed E-state index contributed by atoms with van der Waals surface area (Å²) in [6, 6.07) is 5.15. The van der Waals surface area contributed by atoms with Crippen LogP contribution >= 0.6 is 33.3 Å². The quantitative estimate of drug-likeness (QED) is 0.691. The second kappa shape index (κ2) is 4.00. The Morgan fingerprint density at radius 3 is 2.64 bits per heavy atom. The van der Waals surface area contributed by atoms with Crippen LogP contribution in [0.25, 0.3) is 0 Å². The molecule has 0 N–H and O–H groups in total. The minimum atomic E-state index is 0.436. The molecule has 0 heterocycles. The average Bonchev–Trinajstić information content (AvgIpc) is 2.04. The second-order valence-electron chi connectivity index (χ2n) is 1.85. The van der Waals surface area contributed by atoms with Crippen molar-refractivity contribution in [3.63, 3.8) is 0 Å². The molecule has 0 atom stereocenters. The summed E-state index contributed by atoms with van der Waals surface area (Å²) in [4.78, 5) is 11.1. The Labute approximate surface area is 78.2 Å². The van der Waals surface area contributed by atoms with Gasteiger partial charge in [-0.15, -0.1) is 0 Å². The number of carbonyl (C=O) groups excluding carboxylic acids is 1. The number of aldehydes is 1. The summed E-state index contributed by atoms with van der Waals surface area (Å²) in [5, 5.41) is 0.436. The maximum atomic E-state index is 10.5. The van der Waals surface area contributed by atoms with Gasteiger partial charge in [-0.05, 0) is 33.8 Å². The van der Waals surface area contributed by atoms with Crippen molar-refractivity contribution in [2.45, 2.75) is 4.90 Å². The molecule has 11 heavy (non-hydrogen) atoms. The summed E-state index contributed by atoms with van der Waals surface area (Å²) in [5.41, 5.74) is 0.453. The number of hydrogen-bond donors (Lipinski definition) is 0. The molecule has 1 rings (SSSR count).